The van der Waals surface area contributed by atoms with Crippen LogP contribution in [0.3, 0.4) is 0 Å². The average Bonchev–Trinajstić information content (AvgIpc) is 2.71. The van der Waals surface area contributed by atoms with E-state index in [0.717, 1.165) is 42.9 Å². The summed E-state index contributed by atoms with van der Waals surface area (Å²) in [5.41, 5.74) is 3.37. The molecule has 1 fully saturated rings. The van der Waals surface area contributed by atoms with Crippen molar-refractivity contribution in [3.63, 3.8) is 0 Å². The Hall–Kier alpha value is -2.79. The third kappa shape index (κ3) is 3.40. The van der Waals surface area contributed by atoms with Crippen LogP contribution < -0.4 is 5.56 Å². The lowest BCUT2D eigenvalue weighted by molar-refractivity contribution is 0.114. The monoisotopic (exact) mass is 392 g/mol. The molecule has 5 rings (SSSR count). The predicted octanol–water partition coefficient (Wildman–Crippen LogP) is 4.41. The third-order valence-corrected chi connectivity index (χ3v) is 6.15. The summed E-state index contributed by atoms with van der Waals surface area (Å²) in [7, 11) is 0. The molecule has 0 amide bonds. The van der Waals surface area contributed by atoms with Crippen LogP contribution in [0.15, 0.2) is 65.5 Å². The van der Waals surface area contributed by atoms with Gasteiger partial charge in [0.15, 0.2) is 0 Å². The van der Waals surface area contributed by atoms with Gasteiger partial charge in [0.05, 0.1) is 0 Å². The highest BCUT2D eigenvalue weighted by molar-refractivity contribution is 5.67. The van der Waals surface area contributed by atoms with Gasteiger partial charge in [0.1, 0.15) is 11.6 Å². The van der Waals surface area contributed by atoms with Crippen LogP contribution in [0.25, 0.3) is 11.1 Å². The summed E-state index contributed by atoms with van der Waals surface area (Å²) >= 11 is 0. The molecule has 0 spiro atoms. The molecule has 2 aliphatic rings. The SMILES string of the molecule is O=c1ccc(-c2ccccc2F)c2n1CC1CC2CN(Cc2ccc(F)cc2)C1. The molecular formula is C24H22F2N2O. The summed E-state index contributed by atoms with van der Waals surface area (Å²) in [6, 6.07) is 16.7. The van der Waals surface area contributed by atoms with Crippen LogP contribution in [-0.2, 0) is 13.1 Å². The molecule has 0 N–H and O–H groups in total. The molecule has 2 aliphatic heterocycles. The molecule has 148 valence electrons. The number of pyridine rings is 1. The Morgan fingerprint density at radius 1 is 0.862 bits per heavy atom. The number of likely N-dealkylation sites (tertiary alicyclic amines) is 1. The second-order valence-corrected chi connectivity index (χ2v) is 8.18. The molecule has 3 aromatic rings. The van der Waals surface area contributed by atoms with Crippen molar-refractivity contribution in [2.75, 3.05) is 13.1 Å². The minimum atomic E-state index is -0.268. The molecule has 0 radical (unpaired) electrons. The lowest BCUT2D eigenvalue weighted by Crippen LogP contribution is -2.47. The van der Waals surface area contributed by atoms with E-state index in [1.54, 1.807) is 24.3 Å². The number of piperidine rings is 1. The molecule has 3 heterocycles. The Balaban J connectivity index is 1.51. The van der Waals surface area contributed by atoms with Crippen LogP contribution in [-0.4, -0.2) is 22.6 Å². The quantitative estimate of drug-likeness (QED) is 0.660. The topological polar surface area (TPSA) is 25.2 Å². The zero-order valence-electron chi connectivity index (χ0n) is 16.0. The summed E-state index contributed by atoms with van der Waals surface area (Å²) < 4.78 is 29.6. The first-order valence-corrected chi connectivity index (χ1v) is 10.0. The fraction of sp³-hybridized carbons (Fsp3) is 0.292. The van der Waals surface area contributed by atoms with Gasteiger partial charge in [-0.2, -0.15) is 0 Å². The zero-order chi connectivity index (χ0) is 20.0. The lowest BCUT2D eigenvalue weighted by Gasteiger charge is -2.43. The van der Waals surface area contributed by atoms with Crippen LogP contribution >= 0.6 is 0 Å². The summed E-state index contributed by atoms with van der Waals surface area (Å²) in [5.74, 6) is 0.0591. The number of hydrogen-bond acceptors (Lipinski definition) is 2. The van der Waals surface area contributed by atoms with Crippen LogP contribution in [0.1, 0.15) is 23.6 Å². The number of nitrogens with zero attached hydrogens (tertiary/aromatic N) is 2. The van der Waals surface area contributed by atoms with Crippen molar-refractivity contribution in [1.82, 2.24) is 9.47 Å². The largest absolute Gasteiger partial charge is 0.311 e. The van der Waals surface area contributed by atoms with Gasteiger partial charge in [-0.15, -0.1) is 0 Å². The van der Waals surface area contributed by atoms with Gasteiger partial charge >= 0.3 is 0 Å². The number of aromatic nitrogens is 1. The molecule has 3 nitrogen and oxygen atoms in total. The van der Waals surface area contributed by atoms with Gasteiger partial charge in [-0.25, -0.2) is 8.78 Å². The van der Waals surface area contributed by atoms with Crippen molar-refractivity contribution >= 4 is 0 Å². The Morgan fingerprint density at radius 2 is 1.66 bits per heavy atom. The van der Waals surface area contributed by atoms with E-state index in [9.17, 15) is 13.6 Å². The Kier molecular flexibility index (Phi) is 4.55. The maximum atomic E-state index is 14.5. The van der Waals surface area contributed by atoms with E-state index >= 15 is 0 Å². The molecule has 0 aliphatic carbocycles. The first kappa shape index (κ1) is 18.3. The lowest BCUT2D eigenvalue weighted by atomic mass is 9.80. The number of benzene rings is 2. The molecule has 2 bridgehead atoms. The maximum absolute atomic E-state index is 14.5. The molecule has 2 atom stereocenters. The van der Waals surface area contributed by atoms with E-state index in [2.05, 4.69) is 4.90 Å². The van der Waals surface area contributed by atoms with Crippen molar-refractivity contribution in [2.45, 2.75) is 25.4 Å². The molecule has 2 unspecified atom stereocenters. The first-order chi connectivity index (χ1) is 14.1. The van der Waals surface area contributed by atoms with Gasteiger partial charge in [0.25, 0.3) is 5.56 Å². The van der Waals surface area contributed by atoms with Crippen molar-refractivity contribution in [3.05, 3.63) is 93.9 Å². The number of fused-ring (bicyclic) bond motifs is 4. The fourth-order valence-electron chi connectivity index (χ4n) is 5.00. The molecule has 29 heavy (non-hydrogen) atoms. The molecular weight excluding hydrogens is 370 g/mol. The maximum Gasteiger partial charge on any atom is 0.250 e. The molecule has 5 heteroatoms. The van der Waals surface area contributed by atoms with Crippen molar-refractivity contribution in [3.8, 4) is 11.1 Å². The number of hydrogen-bond donors (Lipinski definition) is 0. The van der Waals surface area contributed by atoms with Crippen LogP contribution in [0, 0.1) is 17.6 Å². The molecule has 0 saturated carbocycles. The van der Waals surface area contributed by atoms with Gasteiger partial charge in [-0.1, -0.05) is 30.3 Å². The van der Waals surface area contributed by atoms with Gasteiger partial charge in [0.2, 0.25) is 0 Å². The second kappa shape index (κ2) is 7.23. The van der Waals surface area contributed by atoms with Crippen LogP contribution in [0.2, 0.25) is 0 Å². The highest BCUT2D eigenvalue weighted by Gasteiger charge is 2.36. The summed E-state index contributed by atoms with van der Waals surface area (Å²) in [4.78, 5) is 15.0. The Bertz CT molecular complexity index is 1110. The van der Waals surface area contributed by atoms with Gasteiger partial charge < -0.3 is 4.57 Å². The van der Waals surface area contributed by atoms with E-state index < -0.39 is 0 Å². The van der Waals surface area contributed by atoms with E-state index in [1.165, 1.54) is 18.2 Å². The van der Waals surface area contributed by atoms with Crippen molar-refractivity contribution < 1.29 is 8.78 Å². The normalized spacial score (nSPS) is 21.0. The predicted molar refractivity (Wildman–Crippen MR) is 109 cm³/mol. The summed E-state index contributed by atoms with van der Waals surface area (Å²) in [6.07, 6.45) is 1.00. The zero-order valence-corrected chi connectivity index (χ0v) is 16.0. The highest BCUT2D eigenvalue weighted by atomic mass is 19.1. The van der Waals surface area contributed by atoms with E-state index in [-0.39, 0.29) is 23.1 Å². The summed E-state index contributed by atoms with van der Waals surface area (Å²) in [5, 5.41) is 0. The van der Waals surface area contributed by atoms with Crippen molar-refractivity contribution in [2.24, 2.45) is 5.92 Å². The molecule has 1 aromatic heterocycles. The molecule has 2 aromatic carbocycles. The third-order valence-electron chi connectivity index (χ3n) is 6.15. The standard InChI is InChI=1S/C24H22F2N2O/c25-19-7-5-16(6-8-19)12-27-13-17-11-18(15-27)24-21(9-10-23(29)28(24)14-17)20-3-1-2-4-22(20)26/h1-10,17-18H,11-15H2. The van der Waals surface area contributed by atoms with Crippen LogP contribution in [0.4, 0.5) is 8.78 Å². The van der Waals surface area contributed by atoms with Crippen LogP contribution in [0.5, 0.6) is 0 Å². The van der Waals surface area contributed by atoms with Gasteiger partial charge in [-0.3, -0.25) is 9.69 Å². The Labute approximate surface area is 168 Å². The molecule has 1 saturated heterocycles. The van der Waals surface area contributed by atoms with E-state index in [4.69, 9.17) is 0 Å². The number of rotatable bonds is 3. The summed E-state index contributed by atoms with van der Waals surface area (Å²) in [6.45, 7) is 3.12. The average molecular weight is 392 g/mol. The smallest absolute Gasteiger partial charge is 0.250 e. The van der Waals surface area contributed by atoms with Gasteiger partial charge in [0, 0.05) is 55.0 Å². The minimum Gasteiger partial charge on any atom is -0.311 e. The second-order valence-electron chi connectivity index (χ2n) is 8.18. The van der Waals surface area contributed by atoms with E-state index in [0.29, 0.717) is 18.0 Å². The fourth-order valence-corrected chi connectivity index (χ4v) is 5.00. The Morgan fingerprint density at radius 3 is 2.45 bits per heavy atom. The van der Waals surface area contributed by atoms with E-state index in [1.807, 2.05) is 22.8 Å². The van der Waals surface area contributed by atoms with Gasteiger partial charge in [-0.05, 0) is 42.2 Å². The number of halogens is 2. The highest BCUT2D eigenvalue weighted by Crippen LogP contribution is 2.40. The first-order valence-electron chi connectivity index (χ1n) is 10.0. The van der Waals surface area contributed by atoms with Crippen molar-refractivity contribution in [1.29, 1.82) is 0 Å². The minimum absolute atomic E-state index is 0.0122.